The summed E-state index contributed by atoms with van der Waals surface area (Å²) in [5.41, 5.74) is 9.54. The molecule has 3 aromatic rings. The predicted octanol–water partition coefficient (Wildman–Crippen LogP) is 5.42. The number of thiazole rings is 2. The highest BCUT2D eigenvalue weighted by atomic mass is 32.1. The molecule has 0 fully saturated rings. The zero-order chi connectivity index (χ0) is 20.8. The number of rotatable bonds is 3. The second-order valence-electron chi connectivity index (χ2n) is 7.15. The number of nitrogen functional groups attached to an aromatic ring is 1. The van der Waals surface area contributed by atoms with Crippen molar-refractivity contribution in [1.82, 2.24) is 15.0 Å². The summed E-state index contributed by atoms with van der Waals surface area (Å²) in [7, 11) is 0. The number of carbonyl (C=O) groups excluding carboxylic acids is 1. The number of amides is 1. The van der Waals surface area contributed by atoms with Gasteiger partial charge < -0.3 is 5.73 Å². The van der Waals surface area contributed by atoms with Crippen LogP contribution < -0.4 is 11.1 Å². The molecule has 0 bridgehead atoms. The summed E-state index contributed by atoms with van der Waals surface area (Å²) in [6.45, 7) is 6.38. The third-order valence-corrected chi connectivity index (χ3v) is 6.40. The Morgan fingerprint density at radius 3 is 2.72 bits per heavy atom. The number of allylic oxidation sites excluding steroid dienone is 2. The number of hydrogen-bond acceptors (Lipinski definition) is 7. The van der Waals surface area contributed by atoms with Gasteiger partial charge in [0, 0.05) is 35.7 Å². The fourth-order valence-corrected chi connectivity index (χ4v) is 4.47. The second-order valence-corrected chi connectivity index (χ2v) is 9.11. The van der Waals surface area contributed by atoms with E-state index in [1.165, 1.54) is 33.8 Å². The average Bonchev–Trinajstić information content (AvgIpc) is 3.36. The summed E-state index contributed by atoms with van der Waals surface area (Å²) in [5.74, 6) is 0.585. The van der Waals surface area contributed by atoms with E-state index in [0.717, 1.165) is 18.4 Å². The molecule has 0 saturated carbocycles. The van der Waals surface area contributed by atoms with Gasteiger partial charge in [-0.25, -0.2) is 9.97 Å². The van der Waals surface area contributed by atoms with Gasteiger partial charge in [0.25, 0.3) is 5.91 Å². The molecule has 1 aliphatic carbocycles. The Balaban J connectivity index is 0.000000343. The Morgan fingerprint density at radius 2 is 2.07 bits per heavy atom. The average molecular weight is 428 g/mol. The highest BCUT2D eigenvalue weighted by molar-refractivity contribution is 7.16. The van der Waals surface area contributed by atoms with Gasteiger partial charge in [-0.1, -0.05) is 23.8 Å². The van der Waals surface area contributed by atoms with E-state index in [1.54, 1.807) is 36.0 Å². The van der Waals surface area contributed by atoms with E-state index in [2.05, 4.69) is 34.1 Å². The lowest BCUT2D eigenvalue weighted by molar-refractivity contribution is 0.102. The maximum Gasteiger partial charge on any atom is 0.257 e. The van der Waals surface area contributed by atoms with E-state index < -0.39 is 0 Å². The van der Waals surface area contributed by atoms with Crippen molar-refractivity contribution < 1.29 is 4.79 Å². The summed E-state index contributed by atoms with van der Waals surface area (Å²) in [6.07, 6.45) is 10.4. The minimum atomic E-state index is -0.131. The molecule has 4 rings (SSSR count). The first kappa shape index (κ1) is 21.1. The quantitative estimate of drug-likeness (QED) is 0.582. The van der Waals surface area contributed by atoms with Crippen LogP contribution in [-0.4, -0.2) is 20.9 Å². The third kappa shape index (κ3) is 5.71. The topological polar surface area (TPSA) is 93.8 Å². The van der Waals surface area contributed by atoms with Crippen LogP contribution >= 0.6 is 22.7 Å². The molecule has 1 atom stereocenters. The van der Waals surface area contributed by atoms with Gasteiger partial charge in [-0.2, -0.15) is 0 Å². The van der Waals surface area contributed by atoms with Crippen LogP contribution in [0.1, 0.15) is 53.9 Å². The van der Waals surface area contributed by atoms with Gasteiger partial charge in [-0.15, -0.1) is 11.3 Å². The normalized spacial score (nSPS) is 16.2. The van der Waals surface area contributed by atoms with E-state index in [0.29, 0.717) is 21.7 Å². The monoisotopic (exact) mass is 427 g/mol. The van der Waals surface area contributed by atoms with Crippen molar-refractivity contribution in [2.24, 2.45) is 5.92 Å². The predicted molar refractivity (Wildman–Crippen MR) is 121 cm³/mol. The van der Waals surface area contributed by atoms with Crippen LogP contribution in [0.3, 0.4) is 0 Å². The van der Waals surface area contributed by atoms with Crippen molar-refractivity contribution in [2.45, 2.75) is 40.0 Å². The maximum absolute atomic E-state index is 12.4. The van der Waals surface area contributed by atoms with Crippen LogP contribution in [0.25, 0.3) is 5.57 Å². The summed E-state index contributed by atoms with van der Waals surface area (Å²) < 4.78 is 0. The van der Waals surface area contributed by atoms with Gasteiger partial charge in [0.05, 0.1) is 4.88 Å². The zero-order valence-electron chi connectivity index (χ0n) is 16.8. The lowest BCUT2D eigenvalue weighted by atomic mass is 9.85. The Bertz CT molecular complexity index is 994. The Morgan fingerprint density at radius 1 is 1.24 bits per heavy atom. The highest BCUT2D eigenvalue weighted by Crippen LogP contribution is 2.38. The molecule has 6 nitrogen and oxygen atoms in total. The fraction of sp³-hybridized carbons (Fsp3) is 0.333. The molecule has 1 aliphatic rings. The van der Waals surface area contributed by atoms with E-state index in [4.69, 9.17) is 5.73 Å². The van der Waals surface area contributed by atoms with Crippen LogP contribution in [0.5, 0.6) is 0 Å². The minimum absolute atomic E-state index is 0.131. The molecule has 1 amide bonds. The Kier molecular flexibility index (Phi) is 7.11. The number of nitrogens with zero attached hydrogens (tertiary/aromatic N) is 3. The van der Waals surface area contributed by atoms with Crippen molar-refractivity contribution in [3.63, 3.8) is 0 Å². The second kappa shape index (κ2) is 9.76. The molecule has 8 heteroatoms. The summed E-state index contributed by atoms with van der Waals surface area (Å²) in [6, 6.07) is 1.73. The summed E-state index contributed by atoms with van der Waals surface area (Å²) in [5, 5.41) is 6.03. The molecular weight excluding hydrogens is 402 g/mol. The van der Waals surface area contributed by atoms with Gasteiger partial charge in [-0.3, -0.25) is 15.1 Å². The first-order valence-electron chi connectivity index (χ1n) is 9.45. The first-order valence-corrected chi connectivity index (χ1v) is 11.2. The SMILES string of the molecule is CC1=C(c2cnc(NC(=O)c3ccncc3C)s2)CC(C)CC1.Nc1nccs1. The lowest BCUT2D eigenvalue weighted by Gasteiger charge is -2.22. The molecule has 1 unspecified atom stereocenters. The number of aryl methyl sites for hydroxylation is 1. The van der Waals surface area contributed by atoms with Crippen LogP contribution in [0.4, 0.5) is 10.3 Å². The summed E-state index contributed by atoms with van der Waals surface area (Å²) >= 11 is 3.00. The number of anilines is 2. The van der Waals surface area contributed by atoms with Crippen LogP contribution in [0.2, 0.25) is 0 Å². The van der Waals surface area contributed by atoms with Gasteiger partial charge >= 0.3 is 0 Å². The van der Waals surface area contributed by atoms with Crippen LogP contribution in [0.15, 0.2) is 41.8 Å². The van der Waals surface area contributed by atoms with Crippen molar-refractivity contribution in [1.29, 1.82) is 0 Å². The molecule has 3 N–H and O–H groups in total. The number of aromatic nitrogens is 3. The van der Waals surface area contributed by atoms with E-state index >= 15 is 0 Å². The fourth-order valence-electron chi connectivity index (χ4n) is 3.15. The number of nitrogens with one attached hydrogen (secondary N) is 1. The molecule has 3 aromatic heterocycles. The van der Waals surface area contributed by atoms with Crippen LogP contribution in [-0.2, 0) is 0 Å². The van der Waals surface area contributed by atoms with Gasteiger partial charge in [-0.05, 0) is 56.2 Å². The molecule has 152 valence electrons. The largest absolute Gasteiger partial charge is 0.375 e. The molecule has 0 aromatic carbocycles. The third-order valence-electron chi connectivity index (χ3n) is 4.82. The number of carbonyl (C=O) groups is 1. The molecule has 0 aliphatic heterocycles. The smallest absolute Gasteiger partial charge is 0.257 e. The Labute approximate surface area is 178 Å². The molecule has 0 radical (unpaired) electrons. The van der Waals surface area contributed by atoms with Gasteiger partial charge in [0.1, 0.15) is 0 Å². The van der Waals surface area contributed by atoms with E-state index in [1.807, 2.05) is 18.5 Å². The zero-order valence-corrected chi connectivity index (χ0v) is 18.4. The van der Waals surface area contributed by atoms with E-state index in [-0.39, 0.29) is 5.91 Å². The number of pyridine rings is 1. The van der Waals surface area contributed by atoms with Crippen molar-refractivity contribution >= 4 is 44.4 Å². The maximum atomic E-state index is 12.4. The Hall–Kier alpha value is -2.58. The van der Waals surface area contributed by atoms with Crippen molar-refractivity contribution in [3.05, 3.63) is 57.8 Å². The molecular formula is C21H25N5OS2. The van der Waals surface area contributed by atoms with Gasteiger partial charge in [0.15, 0.2) is 10.3 Å². The van der Waals surface area contributed by atoms with Crippen molar-refractivity contribution in [2.75, 3.05) is 11.1 Å². The highest BCUT2D eigenvalue weighted by Gasteiger charge is 2.19. The lowest BCUT2D eigenvalue weighted by Crippen LogP contribution is -2.13. The van der Waals surface area contributed by atoms with Crippen LogP contribution in [0, 0.1) is 12.8 Å². The van der Waals surface area contributed by atoms with Gasteiger partial charge in [0.2, 0.25) is 0 Å². The number of nitrogens with two attached hydrogens (primary N) is 1. The molecule has 29 heavy (non-hydrogen) atoms. The minimum Gasteiger partial charge on any atom is -0.375 e. The summed E-state index contributed by atoms with van der Waals surface area (Å²) in [4.78, 5) is 25.6. The van der Waals surface area contributed by atoms with E-state index in [9.17, 15) is 4.79 Å². The first-order chi connectivity index (χ1) is 13.9. The molecule has 0 saturated heterocycles. The molecule has 3 heterocycles. The standard InChI is InChI=1S/C18H21N3OS.C3H4N2S/c1-11-4-5-12(2)15(8-11)16-10-20-18(23-16)21-17(22)14-6-7-19-9-13(14)3;4-3-5-1-2-6-3/h6-7,9-11H,4-5,8H2,1-3H3,(H,20,21,22);1-2H,(H2,4,5). The number of hydrogen-bond donors (Lipinski definition) is 2. The molecule has 0 spiro atoms. The van der Waals surface area contributed by atoms with Crippen molar-refractivity contribution in [3.8, 4) is 0 Å².